The van der Waals surface area contributed by atoms with Crippen LogP contribution >= 0.6 is 0 Å². The largest absolute Gasteiger partial charge is 0.395 e. The summed E-state index contributed by atoms with van der Waals surface area (Å²) >= 11 is 0. The van der Waals surface area contributed by atoms with Crippen LogP contribution in [-0.2, 0) is 22.4 Å². The third-order valence-electron chi connectivity index (χ3n) is 4.91. The quantitative estimate of drug-likeness (QED) is 0.296. The summed E-state index contributed by atoms with van der Waals surface area (Å²) in [7, 11) is 0. The lowest BCUT2D eigenvalue weighted by atomic mass is 10.1. The number of nitrogens with one attached hydrogen (secondary N) is 1. The molecule has 0 spiro atoms. The Labute approximate surface area is 160 Å². The predicted octanol–water partition coefficient (Wildman–Crippen LogP) is 0.137. The predicted molar refractivity (Wildman–Crippen MR) is 99.1 cm³/mol. The minimum atomic E-state index is -1.01. The molecule has 0 amide bonds. The van der Waals surface area contributed by atoms with Gasteiger partial charge in [-0.15, -0.1) is 5.10 Å². The molecular weight excluding hydrogens is 352 g/mol. The van der Waals surface area contributed by atoms with E-state index in [0.717, 1.165) is 31.4 Å². The van der Waals surface area contributed by atoms with Gasteiger partial charge >= 0.3 is 0 Å². The van der Waals surface area contributed by atoms with Crippen LogP contribution in [0.4, 0.5) is 0 Å². The van der Waals surface area contributed by atoms with Gasteiger partial charge in [0.05, 0.1) is 43.1 Å². The average molecular weight is 386 g/mol. The van der Waals surface area contributed by atoms with Crippen molar-refractivity contribution in [1.29, 1.82) is 0 Å². The van der Waals surface area contributed by atoms with Gasteiger partial charge in [-0.1, -0.05) is 25.0 Å². The fourth-order valence-electron chi connectivity index (χ4n) is 3.44. The first-order chi connectivity index (χ1) is 13.1. The van der Waals surface area contributed by atoms with E-state index >= 15 is 0 Å². The van der Waals surface area contributed by atoms with Crippen LogP contribution in [0.5, 0.6) is 0 Å². The van der Waals surface area contributed by atoms with Gasteiger partial charge in [0, 0.05) is 13.2 Å². The molecule has 0 unspecified atom stereocenters. The van der Waals surface area contributed by atoms with Crippen LogP contribution in [-0.4, -0.2) is 74.4 Å². The van der Waals surface area contributed by atoms with Gasteiger partial charge in [0.25, 0.3) is 0 Å². The van der Waals surface area contributed by atoms with Crippen LogP contribution in [0.1, 0.15) is 57.7 Å². The first-order valence-corrected chi connectivity index (χ1v) is 9.95. The molecule has 1 aromatic heterocycles. The second-order valence-corrected chi connectivity index (χ2v) is 6.85. The van der Waals surface area contributed by atoms with Gasteiger partial charge in [-0.3, -0.25) is 0 Å². The summed E-state index contributed by atoms with van der Waals surface area (Å²) in [5.41, 5.74) is 1.59. The highest BCUT2D eigenvalue weighted by molar-refractivity contribution is 5.13. The smallest absolute Gasteiger partial charge is 0.204 e. The summed E-state index contributed by atoms with van der Waals surface area (Å²) in [6, 6.07) is -0.967. The van der Waals surface area contributed by atoms with Crippen LogP contribution in [0.15, 0.2) is 0 Å². The molecule has 2 rings (SSSR count). The molecule has 0 saturated carbocycles. The molecule has 1 fully saturated rings. The maximum absolute atomic E-state index is 10.3. The molecule has 9 heteroatoms. The van der Waals surface area contributed by atoms with E-state index in [9.17, 15) is 15.3 Å². The Morgan fingerprint density at radius 2 is 1.74 bits per heavy atom. The number of aliphatic hydroxyl groups excluding tert-OH is 3. The maximum atomic E-state index is 10.3. The lowest BCUT2D eigenvalue weighted by Gasteiger charge is -2.19. The van der Waals surface area contributed by atoms with E-state index in [4.69, 9.17) is 9.47 Å². The topological polar surface area (TPSA) is 122 Å². The van der Waals surface area contributed by atoms with Crippen LogP contribution in [0.2, 0.25) is 0 Å². The van der Waals surface area contributed by atoms with Crippen molar-refractivity contribution < 1.29 is 24.8 Å². The van der Waals surface area contributed by atoms with Crippen molar-refractivity contribution in [3.63, 3.8) is 0 Å². The molecule has 9 nitrogen and oxygen atoms in total. The van der Waals surface area contributed by atoms with Crippen LogP contribution in [0.3, 0.4) is 0 Å². The SMILES string of the molecule is CCCCCc1c(C(OCC)OCC)nnn1C[C@H]1N[C@H](CO)[C@@H](O)[C@@H]1O. The van der Waals surface area contributed by atoms with E-state index in [1.807, 2.05) is 13.8 Å². The zero-order valence-corrected chi connectivity index (χ0v) is 16.5. The number of hydrogen-bond acceptors (Lipinski definition) is 8. The summed E-state index contributed by atoms with van der Waals surface area (Å²) < 4.78 is 13.1. The van der Waals surface area contributed by atoms with Crippen molar-refractivity contribution >= 4 is 0 Å². The molecule has 1 aliphatic heterocycles. The van der Waals surface area contributed by atoms with Crippen molar-refractivity contribution in [1.82, 2.24) is 20.3 Å². The minimum Gasteiger partial charge on any atom is -0.395 e. The number of aromatic nitrogens is 3. The van der Waals surface area contributed by atoms with E-state index in [1.54, 1.807) is 4.68 Å². The molecule has 2 heterocycles. The normalized spacial score (nSPS) is 25.6. The number of aliphatic hydroxyl groups is 3. The fraction of sp³-hybridized carbons (Fsp3) is 0.889. The first-order valence-electron chi connectivity index (χ1n) is 9.95. The molecule has 27 heavy (non-hydrogen) atoms. The molecule has 0 radical (unpaired) electrons. The van der Waals surface area contributed by atoms with Crippen molar-refractivity contribution in [3.05, 3.63) is 11.4 Å². The summed E-state index contributed by atoms with van der Waals surface area (Å²) in [4.78, 5) is 0. The Bertz CT molecular complexity index is 550. The van der Waals surface area contributed by atoms with E-state index in [-0.39, 0.29) is 6.61 Å². The Morgan fingerprint density at radius 3 is 2.30 bits per heavy atom. The van der Waals surface area contributed by atoms with Gasteiger partial charge in [0.2, 0.25) is 6.29 Å². The van der Waals surface area contributed by atoms with Crippen molar-refractivity contribution in [2.24, 2.45) is 0 Å². The Kier molecular flexibility index (Phi) is 9.07. The van der Waals surface area contributed by atoms with Gasteiger partial charge in [0.15, 0.2) is 0 Å². The average Bonchev–Trinajstić information content (AvgIpc) is 3.18. The van der Waals surface area contributed by atoms with E-state index in [2.05, 4.69) is 22.6 Å². The lowest BCUT2D eigenvalue weighted by molar-refractivity contribution is -0.143. The molecule has 0 aromatic carbocycles. The standard InChI is InChI=1S/C18H34N4O5/c1-4-7-8-9-14-15(18(26-5-2)27-6-3)20-21-22(14)10-12-16(24)17(25)13(11-23)19-12/h12-13,16-19,23-25H,4-11H2,1-3H3/t12-,13-,16-,17-/m1/s1. The van der Waals surface area contributed by atoms with Crippen molar-refractivity contribution in [2.75, 3.05) is 19.8 Å². The zero-order chi connectivity index (χ0) is 19.8. The molecule has 1 saturated heterocycles. The summed E-state index contributed by atoms with van der Waals surface area (Å²) in [6.45, 7) is 7.06. The maximum Gasteiger partial charge on any atom is 0.204 e. The van der Waals surface area contributed by atoms with E-state index in [0.29, 0.717) is 25.5 Å². The molecule has 0 aliphatic carbocycles. The second-order valence-electron chi connectivity index (χ2n) is 6.85. The number of ether oxygens (including phenoxy) is 2. The molecular formula is C18H34N4O5. The third kappa shape index (κ3) is 5.46. The molecule has 4 N–H and O–H groups in total. The Balaban J connectivity index is 2.21. The van der Waals surface area contributed by atoms with Gasteiger partial charge in [-0.05, 0) is 26.7 Å². The first kappa shape index (κ1) is 22.2. The van der Waals surface area contributed by atoms with E-state index in [1.165, 1.54) is 0 Å². The fourth-order valence-corrected chi connectivity index (χ4v) is 3.44. The van der Waals surface area contributed by atoms with Gasteiger partial charge < -0.3 is 30.1 Å². The lowest BCUT2D eigenvalue weighted by Crippen LogP contribution is -2.38. The van der Waals surface area contributed by atoms with Crippen LogP contribution in [0.25, 0.3) is 0 Å². The molecule has 156 valence electrons. The molecule has 4 atom stereocenters. The Hall–Kier alpha value is -1.10. The minimum absolute atomic E-state index is 0.239. The zero-order valence-electron chi connectivity index (χ0n) is 16.5. The highest BCUT2D eigenvalue weighted by Gasteiger charge is 2.41. The second kappa shape index (κ2) is 11.0. The molecule has 1 aromatic rings. The van der Waals surface area contributed by atoms with Crippen molar-refractivity contribution in [3.8, 4) is 0 Å². The van der Waals surface area contributed by atoms with Gasteiger partial charge in [0.1, 0.15) is 5.69 Å². The van der Waals surface area contributed by atoms with E-state index < -0.39 is 30.6 Å². The number of hydrogen-bond donors (Lipinski definition) is 4. The van der Waals surface area contributed by atoms with Crippen molar-refractivity contribution in [2.45, 2.75) is 83.6 Å². The highest BCUT2D eigenvalue weighted by atomic mass is 16.7. The molecule has 1 aliphatic rings. The summed E-state index contributed by atoms with van der Waals surface area (Å²) in [5, 5.41) is 41.3. The Morgan fingerprint density at radius 1 is 1.07 bits per heavy atom. The number of unbranched alkanes of at least 4 members (excludes halogenated alkanes) is 2. The number of nitrogens with zero attached hydrogens (tertiary/aromatic N) is 3. The highest BCUT2D eigenvalue weighted by Crippen LogP contribution is 2.24. The summed E-state index contributed by atoms with van der Waals surface area (Å²) in [5.74, 6) is 0. The number of rotatable bonds is 12. The van der Waals surface area contributed by atoms with Gasteiger partial charge in [-0.2, -0.15) is 0 Å². The molecule has 0 bridgehead atoms. The van der Waals surface area contributed by atoms with Crippen LogP contribution < -0.4 is 5.32 Å². The van der Waals surface area contributed by atoms with Crippen LogP contribution in [0, 0.1) is 0 Å². The third-order valence-corrected chi connectivity index (χ3v) is 4.91. The monoisotopic (exact) mass is 386 g/mol. The van der Waals surface area contributed by atoms with Gasteiger partial charge in [-0.25, -0.2) is 4.68 Å². The summed E-state index contributed by atoms with van der Waals surface area (Å²) in [6.07, 6.45) is 1.41.